The van der Waals surface area contributed by atoms with Gasteiger partial charge in [0, 0.05) is 25.7 Å². The molecule has 6 nitrogen and oxygen atoms in total. The van der Waals surface area contributed by atoms with Crippen LogP contribution in [0.25, 0.3) is 5.57 Å². The standard InChI is InChI=1S/C16H15N3O3S/c1-18-11-5-3-2-4-10(11)12(15(18)21)13-14(20)17-16(23-13)19-6-8-22-9-7-19/h2-5H,6-9H2,1H3/b13-12+. The molecule has 0 atom stereocenters. The van der Waals surface area contributed by atoms with Gasteiger partial charge in [-0.05, 0) is 17.8 Å². The molecule has 0 bridgehead atoms. The number of carbonyl (C=O) groups is 2. The largest absolute Gasteiger partial charge is 0.378 e. The topological polar surface area (TPSA) is 62.2 Å². The lowest BCUT2D eigenvalue weighted by Crippen LogP contribution is -2.38. The van der Waals surface area contributed by atoms with Gasteiger partial charge in [-0.3, -0.25) is 9.59 Å². The van der Waals surface area contributed by atoms with Gasteiger partial charge >= 0.3 is 0 Å². The first-order valence-electron chi connectivity index (χ1n) is 7.42. The van der Waals surface area contributed by atoms with Crippen molar-refractivity contribution in [3.63, 3.8) is 0 Å². The van der Waals surface area contributed by atoms with E-state index in [-0.39, 0.29) is 11.8 Å². The maximum absolute atomic E-state index is 12.6. The summed E-state index contributed by atoms with van der Waals surface area (Å²) in [4.78, 5) is 33.2. The zero-order chi connectivity index (χ0) is 16.0. The van der Waals surface area contributed by atoms with Crippen LogP contribution in [0, 0.1) is 0 Å². The molecule has 1 fully saturated rings. The number of para-hydroxylation sites is 1. The number of rotatable bonds is 0. The van der Waals surface area contributed by atoms with Gasteiger partial charge in [-0.25, -0.2) is 0 Å². The molecule has 0 N–H and O–H groups in total. The molecule has 0 aliphatic carbocycles. The number of amides is 2. The van der Waals surface area contributed by atoms with Gasteiger partial charge in [-0.2, -0.15) is 4.99 Å². The molecule has 0 saturated carbocycles. The summed E-state index contributed by atoms with van der Waals surface area (Å²) < 4.78 is 5.33. The van der Waals surface area contributed by atoms with Crippen LogP contribution < -0.4 is 4.90 Å². The Labute approximate surface area is 137 Å². The first kappa shape index (κ1) is 14.5. The minimum atomic E-state index is -0.329. The van der Waals surface area contributed by atoms with E-state index >= 15 is 0 Å². The number of benzene rings is 1. The molecule has 3 aliphatic rings. The van der Waals surface area contributed by atoms with Crippen LogP contribution in [-0.2, 0) is 14.3 Å². The van der Waals surface area contributed by atoms with Crippen LogP contribution >= 0.6 is 11.8 Å². The summed E-state index contributed by atoms with van der Waals surface area (Å²) in [6.07, 6.45) is 0. The molecule has 0 spiro atoms. The van der Waals surface area contributed by atoms with E-state index in [0.717, 1.165) is 11.3 Å². The van der Waals surface area contributed by atoms with Crippen molar-refractivity contribution in [2.45, 2.75) is 0 Å². The van der Waals surface area contributed by atoms with Gasteiger partial charge in [0.1, 0.15) is 0 Å². The third-order valence-corrected chi connectivity index (χ3v) is 5.26. The number of morpholine rings is 1. The zero-order valence-corrected chi connectivity index (χ0v) is 13.4. The third kappa shape index (κ3) is 2.27. The highest BCUT2D eigenvalue weighted by molar-refractivity contribution is 8.18. The number of amidine groups is 1. The van der Waals surface area contributed by atoms with E-state index in [9.17, 15) is 9.59 Å². The lowest BCUT2D eigenvalue weighted by Gasteiger charge is -2.27. The Hall–Kier alpha value is -2.12. The number of aliphatic imine (C=N–C) groups is 1. The molecule has 118 valence electrons. The van der Waals surface area contributed by atoms with Crippen LogP contribution in [-0.4, -0.2) is 55.2 Å². The van der Waals surface area contributed by atoms with Gasteiger partial charge in [0.25, 0.3) is 11.8 Å². The molecule has 3 heterocycles. The summed E-state index contributed by atoms with van der Waals surface area (Å²) in [5.74, 6) is -0.481. The van der Waals surface area contributed by atoms with E-state index in [1.165, 1.54) is 11.8 Å². The fourth-order valence-electron chi connectivity index (χ4n) is 2.93. The first-order valence-corrected chi connectivity index (χ1v) is 8.24. The number of hydrogen-bond acceptors (Lipinski definition) is 5. The molecule has 0 radical (unpaired) electrons. The van der Waals surface area contributed by atoms with Gasteiger partial charge in [0.2, 0.25) is 0 Å². The monoisotopic (exact) mass is 329 g/mol. The minimum absolute atomic E-state index is 0.152. The van der Waals surface area contributed by atoms with Crippen LogP contribution in [0.1, 0.15) is 5.56 Å². The number of anilines is 1. The first-order chi connectivity index (χ1) is 11.2. The van der Waals surface area contributed by atoms with Crippen molar-refractivity contribution in [2.24, 2.45) is 4.99 Å². The van der Waals surface area contributed by atoms with Gasteiger partial charge in [0.15, 0.2) is 5.17 Å². The van der Waals surface area contributed by atoms with E-state index in [1.54, 1.807) is 11.9 Å². The number of thioether (sulfide) groups is 1. The quantitative estimate of drug-likeness (QED) is 0.672. The van der Waals surface area contributed by atoms with Crippen LogP contribution in [0.15, 0.2) is 34.2 Å². The Kier molecular flexibility index (Phi) is 3.46. The van der Waals surface area contributed by atoms with Crippen molar-refractivity contribution in [2.75, 3.05) is 38.3 Å². The van der Waals surface area contributed by atoms with Crippen LogP contribution in [0.4, 0.5) is 5.69 Å². The van der Waals surface area contributed by atoms with Crippen molar-refractivity contribution in [1.29, 1.82) is 0 Å². The summed E-state index contributed by atoms with van der Waals surface area (Å²) in [5, 5.41) is 0.667. The fraction of sp³-hybridized carbons (Fsp3) is 0.312. The molecule has 4 rings (SSSR count). The summed E-state index contributed by atoms with van der Waals surface area (Å²) in [5.41, 5.74) is 2.09. The molecule has 1 aromatic carbocycles. The lowest BCUT2D eigenvalue weighted by atomic mass is 10.1. The second-order valence-electron chi connectivity index (χ2n) is 5.49. The lowest BCUT2D eigenvalue weighted by molar-refractivity contribution is -0.115. The Morgan fingerprint density at radius 3 is 2.70 bits per heavy atom. The summed E-state index contributed by atoms with van der Waals surface area (Å²) in [7, 11) is 1.72. The normalized spacial score (nSPS) is 24.3. The summed E-state index contributed by atoms with van der Waals surface area (Å²) >= 11 is 1.29. The fourth-order valence-corrected chi connectivity index (χ4v) is 3.99. The predicted molar refractivity (Wildman–Crippen MR) is 89.2 cm³/mol. The highest BCUT2D eigenvalue weighted by Gasteiger charge is 2.38. The maximum atomic E-state index is 12.6. The van der Waals surface area contributed by atoms with E-state index in [1.807, 2.05) is 29.2 Å². The van der Waals surface area contributed by atoms with E-state index in [2.05, 4.69) is 4.99 Å². The third-order valence-electron chi connectivity index (χ3n) is 4.15. The smallest absolute Gasteiger partial charge is 0.287 e. The van der Waals surface area contributed by atoms with Crippen LogP contribution in [0.3, 0.4) is 0 Å². The second-order valence-corrected chi connectivity index (χ2v) is 6.46. The van der Waals surface area contributed by atoms with Crippen molar-refractivity contribution < 1.29 is 14.3 Å². The van der Waals surface area contributed by atoms with Crippen LogP contribution in [0.5, 0.6) is 0 Å². The van der Waals surface area contributed by atoms with E-state index in [0.29, 0.717) is 41.9 Å². The highest BCUT2D eigenvalue weighted by Crippen LogP contribution is 2.42. The average Bonchev–Trinajstić information content (AvgIpc) is 3.08. The van der Waals surface area contributed by atoms with Gasteiger partial charge in [0.05, 0.1) is 29.4 Å². The number of fused-ring (bicyclic) bond motifs is 1. The van der Waals surface area contributed by atoms with Crippen molar-refractivity contribution in [3.8, 4) is 0 Å². The average molecular weight is 329 g/mol. The Bertz CT molecular complexity index is 766. The van der Waals surface area contributed by atoms with Crippen molar-refractivity contribution in [1.82, 2.24) is 4.90 Å². The number of hydrogen-bond donors (Lipinski definition) is 0. The highest BCUT2D eigenvalue weighted by atomic mass is 32.2. The SMILES string of the molecule is CN1C(=O)/C(=C2/SC(N3CCOCC3)=NC2=O)c2ccccc21. The summed E-state index contributed by atoms with van der Waals surface area (Å²) in [6.45, 7) is 2.69. The molecule has 3 aliphatic heterocycles. The van der Waals surface area contributed by atoms with E-state index < -0.39 is 0 Å². The van der Waals surface area contributed by atoms with E-state index in [4.69, 9.17) is 4.74 Å². The minimum Gasteiger partial charge on any atom is -0.378 e. The molecule has 0 aromatic heterocycles. The zero-order valence-electron chi connectivity index (χ0n) is 12.6. The molecular formula is C16H15N3O3S. The predicted octanol–water partition coefficient (Wildman–Crippen LogP) is 1.34. The number of nitrogens with zero attached hydrogens (tertiary/aromatic N) is 3. The van der Waals surface area contributed by atoms with Gasteiger partial charge in [-0.1, -0.05) is 18.2 Å². The molecule has 1 saturated heterocycles. The molecule has 0 unspecified atom stereocenters. The second kappa shape index (κ2) is 5.50. The molecule has 23 heavy (non-hydrogen) atoms. The van der Waals surface area contributed by atoms with Gasteiger partial charge in [-0.15, -0.1) is 0 Å². The number of carbonyl (C=O) groups excluding carboxylic acids is 2. The Morgan fingerprint density at radius 1 is 1.17 bits per heavy atom. The Balaban J connectivity index is 1.72. The van der Waals surface area contributed by atoms with Crippen molar-refractivity contribution >= 4 is 40.0 Å². The number of ether oxygens (including phenoxy) is 1. The number of likely N-dealkylation sites (N-methyl/N-ethyl adjacent to an activating group) is 1. The summed E-state index contributed by atoms with van der Waals surface area (Å²) in [6, 6.07) is 7.52. The van der Waals surface area contributed by atoms with Crippen molar-refractivity contribution in [3.05, 3.63) is 34.7 Å². The molecule has 1 aromatic rings. The Morgan fingerprint density at radius 2 is 1.91 bits per heavy atom. The van der Waals surface area contributed by atoms with Crippen LogP contribution in [0.2, 0.25) is 0 Å². The maximum Gasteiger partial charge on any atom is 0.287 e. The molecular weight excluding hydrogens is 314 g/mol. The molecule has 2 amide bonds. The molecule has 7 heteroatoms. The van der Waals surface area contributed by atoms with Gasteiger partial charge < -0.3 is 14.5 Å².